The van der Waals surface area contributed by atoms with E-state index in [0.29, 0.717) is 12.0 Å². The number of hydrogen-bond donors (Lipinski definition) is 1. The third kappa shape index (κ3) is 3.30. The summed E-state index contributed by atoms with van der Waals surface area (Å²) in [5.41, 5.74) is 0. The van der Waals surface area contributed by atoms with Gasteiger partial charge in [-0.05, 0) is 32.4 Å². The van der Waals surface area contributed by atoms with Crippen molar-refractivity contribution < 1.29 is 4.74 Å². The predicted octanol–water partition coefficient (Wildman–Crippen LogP) is 0.781. The lowest BCUT2D eigenvalue weighted by atomic mass is 9.94. The second-order valence-electron chi connectivity index (χ2n) is 6.38. The van der Waals surface area contributed by atoms with Crippen molar-refractivity contribution in [3.63, 3.8) is 0 Å². The molecule has 0 amide bonds. The van der Waals surface area contributed by atoms with Crippen molar-refractivity contribution in [2.75, 3.05) is 52.5 Å². The van der Waals surface area contributed by atoms with Gasteiger partial charge in [0.15, 0.2) is 0 Å². The summed E-state index contributed by atoms with van der Waals surface area (Å²) in [4.78, 5) is 5.38. The molecule has 3 fully saturated rings. The minimum absolute atomic E-state index is 0.667. The minimum atomic E-state index is 0.667. The first-order chi connectivity index (χ1) is 9.36. The van der Waals surface area contributed by atoms with Crippen LogP contribution in [0.2, 0.25) is 0 Å². The monoisotopic (exact) mass is 267 g/mol. The molecule has 19 heavy (non-hydrogen) atoms. The molecule has 0 bridgehead atoms. The fraction of sp³-hybridized carbons (Fsp3) is 1.00. The Morgan fingerprint density at radius 2 is 2.16 bits per heavy atom. The number of nitrogens with one attached hydrogen (secondary N) is 1. The summed E-state index contributed by atoms with van der Waals surface area (Å²) in [6.07, 6.45) is 4.00. The van der Waals surface area contributed by atoms with Crippen molar-refractivity contribution in [3.05, 3.63) is 0 Å². The van der Waals surface area contributed by atoms with Gasteiger partial charge in [0.25, 0.3) is 0 Å². The van der Waals surface area contributed by atoms with Gasteiger partial charge in [-0.15, -0.1) is 0 Å². The molecule has 0 spiro atoms. The Labute approximate surface area is 117 Å². The Hall–Kier alpha value is -0.160. The Kier molecular flexibility index (Phi) is 4.74. The Morgan fingerprint density at radius 1 is 1.21 bits per heavy atom. The molecule has 110 valence electrons. The SMILES string of the molecule is CCNC1CCOCC1CN1CCN2CCCC2C1. The molecule has 3 rings (SSSR count). The molecule has 3 saturated heterocycles. The Balaban J connectivity index is 1.51. The van der Waals surface area contributed by atoms with Crippen LogP contribution < -0.4 is 5.32 Å². The van der Waals surface area contributed by atoms with E-state index in [0.717, 1.165) is 25.8 Å². The number of rotatable bonds is 4. The quantitative estimate of drug-likeness (QED) is 0.815. The van der Waals surface area contributed by atoms with Crippen LogP contribution in [0.15, 0.2) is 0 Å². The van der Waals surface area contributed by atoms with Crippen LogP contribution in [0, 0.1) is 5.92 Å². The lowest BCUT2D eigenvalue weighted by Crippen LogP contribution is -2.54. The molecule has 0 aliphatic carbocycles. The van der Waals surface area contributed by atoms with Gasteiger partial charge < -0.3 is 15.0 Å². The topological polar surface area (TPSA) is 27.7 Å². The molecule has 3 heterocycles. The predicted molar refractivity (Wildman–Crippen MR) is 77.4 cm³/mol. The Morgan fingerprint density at radius 3 is 3.05 bits per heavy atom. The van der Waals surface area contributed by atoms with Crippen LogP contribution in [0.4, 0.5) is 0 Å². The molecule has 4 nitrogen and oxygen atoms in total. The molecule has 3 atom stereocenters. The lowest BCUT2D eigenvalue weighted by Gasteiger charge is -2.41. The van der Waals surface area contributed by atoms with E-state index in [1.54, 1.807) is 0 Å². The van der Waals surface area contributed by atoms with E-state index in [2.05, 4.69) is 22.0 Å². The first kappa shape index (κ1) is 13.8. The number of hydrogen-bond acceptors (Lipinski definition) is 4. The number of ether oxygens (including phenoxy) is 1. The van der Waals surface area contributed by atoms with Crippen LogP contribution in [0.1, 0.15) is 26.2 Å². The third-order valence-corrected chi connectivity index (χ3v) is 5.10. The fourth-order valence-corrected chi connectivity index (χ4v) is 4.06. The average molecular weight is 267 g/mol. The summed E-state index contributed by atoms with van der Waals surface area (Å²) in [5.74, 6) is 0.682. The maximum atomic E-state index is 5.71. The van der Waals surface area contributed by atoms with Crippen LogP contribution in [-0.4, -0.2) is 74.4 Å². The molecule has 0 aromatic rings. The van der Waals surface area contributed by atoms with Gasteiger partial charge in [-0.25, -0.2) is 0 Å². The van der Waals surface area contributed by atoms with Gasteiger partial charge in [0.2, 0.25) is 0 Å². The highest BCUT2D eigenvalue weighted by Gasteiger charge is 2.33. The van der Waals surface area contributed by atoms with Crippen molar-refractivity contribution in [1.82, 2.24) is 15.1 Å². The first-order valence-corrected chi connectivity index (χ1v) is 8.14. The molecule has 3 unspecified atom stereocenters. The standard InChI is InChI=1S/C15H29N3O/c1-2-16-15-5-9-19-12-13(15)10-17-7-8-18-6-3-4-14(18)11-17/h13-16H,2-12H2,1H3. The summed E-state index contributed by atoms with van der Waals surface area (Å²) in [6, 6.07) is 1.51. The smallest absolute Gasteiger partial charge is 0.0521 e. The van der Waals surface area contributed by atoms with Crippen LogP contribution in [0.25, 0.3) is 0 Å². The lowest BCUT2D eigenvalue weighted by molar-refractivity contribution is 0.00481. The normalized spacial score (nSPS) is 37.4. The third-order valence-electron chi connectivity index (χ3n) is 5.10. The van der Waals surface area contributed by atoms with E-state index < -0.39 is 0 Å². The van der Waals surface area contributed by atoms with E-state index >= 15 is 0 Å². The Bertz CT molecular complexity index is 285. The van der Waals surface area contributed by atoms with Crippen molar-refractivity contribution in [1.29, 1.82) is 0 Å². The second kappa shape index (κ2) is 6.53. The van der Waals surface area contributed by atoms with E-state index in [1.165, 1.54) is 52.0 Å². The number of piperazine rings is 1. The molecule has 3 aliphatic heterocycles. The van der Waals surface area contributed by atoms with Crippen molar-refractivity contribution in [3.8, 4) is 0 Å². The van der Waals surface area contributed by atoms with Crippen molar-refractivity contribution in [2.24, 2.45) is 5.92 Å². The highest BCUT2D eigenvalue weighted by molar-refractivity contribution is 4.89. The summed E-state index contributed by atoms with van der Waals surface area (Å²) in [5, 5.41) is 3.65. The van der Waals surface area contributed by atoms with Gasteiger partial charge >= 0.3 is 0 Å². The largest absolute Gasteiger partial charge is 0.381 e. The van der Waals surface area contributed by atoms with Gasteiger partial charge in [0, 0.05) is 50.8 Å². The molecule has 3 aliphatic rings. The highest BCUT2D eigenvalue weighted by Crippen LogP contribution is 2.23. The molecule has 4 heteroatoms. The zero-order valence-electron chi connectivity index (χ0n) is 12.3. The summed E-state index contributed by atoms with van der Waals surface area (Å²) in [7, 11) is 0. The van der Waals surface area contributed by atoms with Gasteiger partial charge in [-0.3, -0.25) is 4.90 Å². The van der Waals surface area contributed by atoms with Crippen molar-refractivity contribution in [2.45, 2.75) is 38.3 Å². The molecule has 1 N–H and O–H groups in total. The zero-order valence-corrected chi connectivity index (χ0v) is 12.3. The molecular weight excluding hydrogens is 238 g/mol. The second-order valence-corrected chi connectivity index (χ2v) is 6.38. The van der Waals surface area contributed by atoms with E-state index in [-0.39, 0.29) is 0 Å². The maximum Gasteiger partial charge on any atom is 0.0521 e. The molecule has 0 aromatic heterocycles. The van der Waals surface area contributed by atoms with E-state index in [1.807, 2.05) is 0 Å². The van der Waals surface area contributed by atoms with Crippen molar-refractivity contribution >= 4 is 0 Å². The minimum Gasteiger partial charge on any atom is -0.381 e. The van der Waals surface area contributed by atoms with Crippen LogP contribution in [0.3, 0.4) is 0 Å². The summed E-state index contributed by atoms with van der Waals surface area (Å²) < 4.78 is 5.71. The zero-order chi connectivity index (χ0) is 13.1. The number of nitrogens with zero attached hydrogens (tertiary/aromatic N) is 2. The van der Waals surface area contributed by atoms with Gasteiger partial charge in [0.05, 0.1) is 6.61 Å². The average Bonchev–Trinajstić information content (AvgIpc) is 2.89. The maximum absolute atomic E-state index is 5.71. The van der Waals surface area contributed by atoms with E-state index in [4.69, 9.17) is 4.74 Å². The highest BCUT2D eigenvalue weighted by atomic mass is 16.5. The van der Waals surface area contributed by atoms with Gasteiger partial charge in [-0.1, -0.05) is 6.92 Å². The fourth-order valence-electron chi connectivity index (χ4n) is 4.06. The van der Waals surface area contributed by atoms with E-state index in [9.17, 15) is 0 Å². The summed E-state index contributed by atoms with van der Waals surface area (Å²) >= 11 is 0. The van der Waals surface area contributed by atoms with Gasteiger partial charge in [0.1, 0.15) is 0 Å². The van der Waals surface area contributed by atoms with Gasteiger partial charge in [-0.2, -0.15) is 0 Å². The van der Waals surface area contributed by atoms with Crippen LogP contribution in [0.5, 0.6) is 0 Å². The number of fused-ring (bicyclic) bond motifs is 1. The first-order valence-electron chi connectivity index (χ1n) is 8.14. The molecule has 0 radical (unpaired) electrons. The molecular formula is C15H29N3O. The summed E-state index contributed by atoms with van der Waals surface area (Å²) in [6.45, 7) is 11.6. The molecule has 0 saturated carbocycles. The van der Waals surface area contributed by atoms with Crippen LogP contribution in [-0.2, 0) is 4.74 Å². The van der Waals surface area contributed by atoms with Crippen LogP contribution >= 0.6 is 0 Å². The molecule has 0 aromatic carbocycles.